The number of hydrogen-bond donors (Lipinski definition) is 0. The highest BCUT2D eigenvalue weighted by atomic mass is 19.1. The predicted molar refractivity (Wildman–Crippen MR) is 83.2 cm³/mol. The molecule has 0 unspecified atom stereocenters. The number of ketones is 1. The number of aryl methyl sites for hydroxylation is 1. The van der Waals surface area contributed by atoms with Crippen LogP contribution in [-0.4, -0.2) is 36.1 Å². The molecule has 2 aromatic rings. The molecule has 2 rings (SSSR count). The zero-order valence-electron chi connectivity index (χ0n) is 13.2. The Morgan fingerprint density at radius 1 is 1.26 bits per heavy atom. The Morgan fingerprint density at radius 2 is 2.09 bits per heavy atom. The van der Waals surface area contributed by atoms with Gasteiger partial charge in [-0.05, 0) is 19.1 Å². The van der Waals surface area contributed by atoms with Gasteiger partial charge in [-0.1, -0.05) is 0 Å². The predicted octanol–water partition coefficient (Wildman–Crippen LogP) is 2.76. The zero-order chi connectivity index (χ0) is 16.7. The molecular weight excluding hydrogens is 299 g/mol. The molecule has 0 fully saturated rings. The largest absolute Gasteiger partial charge is 0.493 e. The third kappa shape index (κ3) is 5.41. The Morgan fingerprint density at radius 3 is 2.78 bits per heavy atom. The van der Waals surface area contributed by atoms with Crippen LogP contribution < -0.4 is 4.74 Å². The Kier molecular flexibility index (Phi) is 6.17. The van der Waals surface area contributed by atoms with E-state index in [4.69, 9.17) is 9.47 Å². The Hall–Kier alpha value is -2.34. The number of rotatable bonds is 8. The van der Waals surface area contributed by atoms with E-state index in [-0.39, 0.29) is 12.2 Å². The first-order valence-electron chi connectivity index (χ1n) is 7.32. The van der Waals surface area contributed by atoms with Crippen molar-refractivity contribution in [3.63, 3.8) is 0 Å². The first kappa shape index (κ1) is 17.0. The summed E-state index contributed by atoms with van der Waals surface area (Å²) in [7, 11) is 1.64. The SMILES string of the molecule is COCCCOc1cc(C)nc(C(=O)Cc2ccc(F)cn2)c1. The Bertz CT molecular complexity index is 659. The maximum absolute atomic E-state index is 12.8. The second-order valence-corrected chi connectivity index (χ2v) is 5.09. The lowest BCUT2D eigenvalue weighted by Gasteiger charge is -2.08. The van der Waals surface area contributed by atoms with Gasteiger partial charge >= 0.3 is 0 Å². The fourth-order valence-corrected chi connectivity index (χ4v) is 2.02. The number of aromatic nitrogens is 2. The average Bonchev–Trinajstić information content (AvgIpc) is 2.53. The molecule has 2 aromatic heterocycles. The van der Waals surface area contributed by atoms with E-state index in [0.29, 0.717) is 36.0 Å². The van der Waals surface area contributed by atoms with Crippen LogP contribution in [0.5, 0.6) is 5.75 Å². The van der Waals surface area contributed by atoms with Crippen LogP contribution in [-0.2, 0) is 11.2 Å². The summed E-state index contributed by atoms with van der Waals surface area (Å²) < 4.78 is 23.4. The minimum atomic E-state index is -0.429. The van der Waals surface area contributed by atoms with Crippen molar-refractivity contribution in [2.45, 2.75) is 19.8 Å². The summed E-state index contributed by atoms with van der Waals surface area (Å²) >= 11 is 0. The van der Waals surface area contributed by atoms with Crippen LogP contribution in [0.4, 0.5) is 4.39 Å². The third-order valence-corrected chi connectivity index (χ3v) is 3.10. The summed E-state index contributed by atoms with van der Waals surface area (Å²) in [5.41, 5.74) is 1.52. The molecule has 0 saturated carbocycles. The molecule has 2 heterocycles. The average molecular weight is 318 g/mol. The number of halogens is 1. The van der Waals surface area contributed by atoms with Crippen molar-refractivity contribution < 1.29 is 18.7 Å². The molecule has 0 aliphatic rings. The molecule has 0 radical (unpaired) electrons. The van der Waals surface area contributed by atoms with Gasteiger partial charge in [0.1, 0.15) is 17.3 Å². The summed E-state index contributed by atoms with van der Waals surface area (Å²) in [5.74, 6) is -0.0137. The molecule has 122 valence electrons. The molecule has 0 N–H and O–H groups in total. The highest BCUT2D eigenvalue weighted by molar-refractivity contribution is 5.95. The molecule has 23 heavy (non-hydrogen) atoms. The highest BCUT2D eigenvalue weighted by Gasteiger charge is 2.12. The van der Waals surface area contributed by atoms with Crippen molar-refractivity contribution in [3.05, 3.63) is 53.4 Å². The van der Waals surface area contributed by atoms with E-state index >= 15 is 0 Å². The van der Waals surface area contributed by atoms with Crippen molar-refractivity contribution in [1.82, 2.24) is 9.97 Å². The maximum Gasteiger partial charge on any atom is 0.187 e. The number of methoxy groups -OCH3 is 1. The van der Waals surface area contributed by atoms with Crippen LogP contribution in [0.2, 0.25) is 0 Å². The number of pyridine rings is 2. The molecule has 6 heteroatoms. The molecule has 0 aromatic carbocycles. The second kappa shape index (κ2) is 8.33. The molecule has 0 saturated heterocycles. The summed E-state index contributed by atoms with van der Waals surface area (Å²) in [4.78, 5) is 20.4. The Balaban J connectivity index is 2.04. The number of carbonyl (C=O) groups excluding carboxylic acids is 1. The lowest BCUT2D eigenvalue weighted by molar-refractivity contribution is 0.0986. The van der Waals surface area contributed by atoms with Crippen molar-refractivity contribution in [2.75, 3.05) is 20.3 Å². The fraction of sp³-hybridized carbons (Fsp3) is 0.353. The van der Waals surface area contributed by atoms with Gasteiger partial charge in [0.05, 0.1) is 19.2 Å². The van der Waals surface area contributed by atoms with Gasteiger partial charge in [-0.25, -0.2) is 9.37 Å². The van der Waals surface area contributed by atoms with E-state index in [1.807, 2.05) is 0 Å². The second-order valence-electron chi connectivity index (χ2n) is 5.09. The van der Waals surface area contributed by atoms with Gasteiger partial charge < -0.3 is 9.47 Å². The van der Waals surface area contributed by atoms with Crippen LogP contribution in [0.1, 0.15) is 28.3 Å². The zero-order valence-corrected chi connectivity index (χ0v) is 13.2. The van der Waals surface area contributed by atoms with Crippen molar-refractivity contribution >= 4 is 5.78 Å². The molecule has 0 aliphatic heterocycles. The van der Waals surface area contributed by atoms with E-state index in [0.717, 1.165) is 12.6 Å². The van der Waals surface area contributed by atoms with Gasteiger partial charge in [0, 0.05) is 43.7 Å². The van der Waals surface area contributed by atoms with Crippen LogP contribution in [0.3, 0.4) is 0 Å². The van der Waals surface area contributed by atoms with Gasteiger partial charge in [0.25, 0.3) is 0 Å². The van der Waals surface area contributed by atoms with E-state index in [1.54, 1.807) is 26.2 Å². The smallest absolute Gasteiger partial charge is 0.187 e. The van der Waals surface area contributed by atoms with Crippen molar-refractivity contribution in [1.29, 1.82) is 0 Å². The molecule has 0 atom stereocenters. The van der Waals surface area contributed by atoms with Gasteiger partial charge in [-0.2, -0.15) is 0 Å². The number of nitrogens with zero attached hydrogens (tertiary/aromatic N) is 2. The normalized spacial score (nSPS) is 10.6. The summed E-state index contributed by atoms with van der Waals surface area (Å²) in [6.07, 6.45) is 1.93. The van der Waals surface area contributed by atoms with E-state index in [9.17, 15) is 9.18 Å². The van der Waals surface area contributed by atoms with E-state index in [1.165, 1.54) is 12.1 Å². The minimum absolute atomic E-state index is 0.0693. The van der Waals surface area contributed by atoms with Crippen LogP contribution in [0.15, 0.2) is 30.5 Å². The van der Waals surface area contributed by atoms with E-state index < -0.39 is 5.82 Å². The number of carbonyl (C=O) groups is 1. The number of Topliss-reactive ketones (excluding diaryl/α,β-unsaturated/α-hetero) is 1. The molecule has 0 aliphatic carbocycles. The van der Waals surface area contributed by atoms with Gasteiger partial charge in [-0.3, -0.25) is 9.78 Å². The van der Waals surface area contributed by atoms with Crippen LogP contribution >= 0.6 is 0 Å². The van der Waals surface area contributed by atoms with Gasteiger partial charge in [-0.15, -0.1) is 0 Å². The monoisotopic (exact) mass is 318 g/mol. The number of hydrogen-bond acceptors (Lipinski definition) is 5. The molecular formula is C17H19FN2O3. The van der Waals surface area contributed by atoms with Crippen molar-refractivity contribution in [2.24, 2.45) is 0 Å². The lowest BCUT2D eigenvalue weighted by Crippen LogP contribution is -2.09. The van der Waals surface area contributed by atoms with Gasteiger partial charge in [0.15, 0.2) is 5.78 Å². The number of ether oxygens (including phenoxy) is 2. The highest BCUT2D eigenvalue weighted by Crippen LogP contribution is 2.16. The Labute approximate surface area is 134 Å². The first-order valence-corrected chi connectivity index (χ1v) is 7.32. The van der Waals surface area contributed by atoms with Crippen molar-refractivity contribution in [3.8, 4) is 5.75 Å². The minimum Gasteiger partial charge on any atom is -0.493 e. The van der Waals surface area contributed by atoms with Gasteiger partial charge in [0.2, 0.25) is 0 Å². The fourth-order valence-electron chi connectivity index (χ4n) is 2.02. The molecule has 0 spiro atoms. The molecule has 5 nitrogen and oxygen atoms in total. The summed E-state index contributed by atoms with van der Waals surface area (Å²) in [5, 5.41) is 0. The third-order valence-electron chi connectivity index (χ3n) is 3.10. The quantitative estimate of drug-likeness (QED) is 0.553. The molecule has 0 amide bonds. The standard InChI is InChI=1S/C17H19FN2O3/c1-12-8-15(23-7-3-6-22-2)10-16(20-12)17(21)9-14-5-4-13(18)11-19-14/h4-5,8,10-11H,3,6-7,9H2,1-2H3. The van der Waals surface area contributed by atoms with Crippen LogP contribution in [0.25, 0.3) is 0 Å². The topological polar surface area (TPSA) is 61.3 Å². The van der Waals surface area contributed by atoms with Crippen LogP contribution in [0, 0.1) is 12.7 Å². The maximum atomic E-state index is 12.8. The summed E-state index contributed by atoms with van der Waals surface area (Å²) in [6, 6.07) is 6.17. The summed E-state index contributed by atoms with van der Waals surface area (Å²) in [6.45, 7) is 2.92. The van der Waals surface area contributed by atoms with E-state index in [2.05, 4.69) is 9.97 Å². The first-order chi connectivity index (χ1) is 11.1. The molecule has 0 bridgehead atoms. The lowest BCUT2D eigenvalue weighted by atomic mass is 10.1.